The van der Waals surface area contributed by atoms with Gasteiger partial charge in [-0.3, -0.25) is 9.59 Å². The van der Waals surface area contributed by atoms with Crippen LogP contribution in [0.5, 0.6) is 0 Å². The van der Waals surface area contributed by atoms with Crippen molar-refractivity contribution < 1.29 is 23.5 Å². The minimum Gasteiger partial charge on any atom is -0.391 e. The van der Waals surface area contributed by atoms with Gasteiger partial charge in [0.1, 0.15) is 0 Å². The van der Waals surface area contributed by atoms with E-state index in [0.29, 0.717) is 32.4 Å². The number of piperidine rings is 2. The maximum absolute atomic E-state index is 13.4. The summed E-state index contributed by atoms with van der Waals surface area (Å²) in [5.74, 6) is -3.11. The summed E-state index contributed by atoms with van der Waals surface area (Å²) in [5, 5.41) is 13.7. The van der Waals surface area contributed by atoms with Gasteiger partial charge in [-0.15, -0.1) is 0 Å². The minimum atomic E-state index is -2.64. The molecule has 3 aliphatic rings. The second-order valence-corrected chi connectivity index (χ2v) is 8.87. The van der Waals surface area contributed by atoms with Crippen molar-refractivity contribution >= 4 is 11.8 Å². The number of carbonyl (C=O) groups is 2. The molecule has 1 saturated carbocycles. The van der Waals surface area contributed by atoms with Crippen molar-refractivity contribution in [3.63, 3.8) is 0 Å². The van der Waals surface area contributed by atoms with Crippen LogP contribution in [0.1, 0.15) is 56.6 Å². The van der Waals surface area contributed by atoms with Crippen LogP contribution in [0.15, 0.2) is 30.3 Å². The Morgan fingerprint density at radius 3 is 2.31 bits per heavy atom. The highest BCUT2D eigenvalue weighted by Gasteiger charge is 2.49. The maximum atomic E-state index is 13.4. The van der Waals surface area contributed by atoms with Crippen LogP contribution in [0.2, 0.25) is 0 Å². The Morgan fingerprint density at radius 1 is 1.07 bits per heavy atom. The SMILES string of the molecule is O=C(C1CCC(F)(F)CC1)N1CCC2(CC1)C[C@@H](O)[C@H](c1ccccc1)NC2=O. The van der Waals surface area contributed by atoms with Gasteiger partial charge >= 0.3 is 0 Å². The molecule has 0 unspecified atom stereocenters. The normalized spacial score (nSPS) is 29.5. The quantitative estimate of drug-likeness (QED) is 0.793. The molecular formula is C22H28F2N2O3. The summed E-state index contributed by atoms with van der Waals surface area (Å²) in [6.07, 6.45) is 0.677. The standard InChI is InChI=1S/C22H28F2N2O3/c23-22(24)8-6-16(7-9-22)19(28)26-12-10-21(11-13-26)14-17(27)18(25-20(21)29)15-4-2-1-3-5-15/h1-5,16-18,27H,6-14H2,(H,25,29)/t17-,18+/m1/s1. The number of alkyl halides is 2. The molecule has 0 aromatic heterocycles. The van der Waals surface area contributed by atoms with E-state index in [1.54, 1.807) is 4.90 Å². The number of hydrogen-bond donors (Lipinski definition) is 2. The van der Waals surface area contributed by atoms with E-state index >= 15 is 0 Å². The van der Waals surface area contributed by atoms with E-state index in [-0.39, 0.29) is 43.4 Å². The molecule has 0 bridgehead atoms. The molecule has 29 heavy (non-hydrogen) atoms. The number of rotatable bonds is 2. The Balaban J connectivity index is 1.36. The maximum Gasteiger partial charge on any atom is 0.248 e. The molecule has 2 N–H and O–H groups in total. The Labute approximate surface area is 169 Å². The Hall–Kier alpha value is -2.02. The van der Waals surface area contributed by atoms with E-state index in [9.17, 15) is 23.5 Å². The van der Waals surface area contributed by atoms with Crippen molar-refractivity contribution in [3.05, 3.63) is 35.9 Å². The molecule has 2 amide bonds. The van der Waals surface area contributed by atoms with Crippen molar-refractivity contribution in [3.8, 4) is 0 Å². The highest BCUT2D eigenvalue weighted by atomic mass is 19.3. The first kappa shape index (κ1) is 20.3. The zero-order valence-electron chi connectivity index (χ0n) is 16.4. The molecule has 158 valence electrons. The fourth-order valence-corrected chi connectivity index (χ4v) is 5.10. The molecular weight excluding hydrogens is 378 g/mol. The van der Waals surface area contributed by atoms with Crippen LogP contribution in [-0.4, -0.2) is 46.9 Å². The molecule has 1 aliphatic carbocycles. The third kappa shape index (κ3) is 4.02. The predicted octanol–water partition coefficient (Wildman–Crippen LogP) is 3.04. The van der Waals surface area contributed by atoms with Gasteiger partial charge < -0.3 is 15.3 Å². The van der Waals surface area contributed by atoms with Crippen LogP contribution < -0.4 is 5.32 Å². The predicted molar refractivity (Wildman–Crippen MR) is 103 cm³/mol. The number of hydrogen-bond acceptors (Lipinski definition) is 3. The van der Waals surface area contributed by atoms with Gasteiger partial charge in [-0.2, -0.15) is 0 Å². The fraction of sp³-hybridized carbons (Fsp3) is 0.636. The Bertz CT molecular complexity index is 753. The third-order valence-corrected chi connectivity index (χ3v) is 7.01. The van der Waals surface area contributed by atoms with E-state index in [0.717, 1.165) is 5.56 Å². The van der Waals surface area contributed by atoms with Crippen molar-refractivity contribution in [1.82, 2.24) is 10.2 Å². The number of nitrogens with one attached hydrogen (secondary N) is 1. The third-order valence-electron chi connectivity index (χ3n) is 7.01. The lowest BCUT2D eigenvalue weighted by molar-refractivity contribution is -0.151. The number of aliphatic hydroxyl groups is 1. The van der Waals surface area contributed by atoms with Crippen molar-refractivity contribution in [2.45, 2.75) is 63.0 Å². The van der Waals surface area contributed by atoms with E-state index in [1.807, 2.05) is 30.3 Å². The molecule has 5 nitrogen and oxygen atoms in total. The second-order valence-electron chi connectivity index (χ2n) is 8.87. The number of carbonyl (C=O) groups excluding carboxylic acids is 2. The largest absolute Gasteiger partial charge is 0.391 e. The van der Waals surface area contributed by atoms with E-state index in [1.165, 1.54) is 0 Å². The van der Waals surface area contributed by atoms with Gasteiger partial charge in [-0.1, -0.05) is 30.3 Å². The highest BCUT2D eigenvalue weighted by molar-refractivity contribution is 5.85. The first-order valence-corrected chi connectivity index (χ1v) is 10.5. The molecule has 2 atom stereocenters. The summed E-state index contributed by atoms with van der Waals surface area (Å²) in [5.41, 5.74) is 0.214. The number of likely N-dealkylation sites (tertiary alicyclic amines) is 1. The van der Waals surface area contributed by atoms with Crippen LogP contribution in [0, 0.1) is 11.3 Å². The zero-order valence-corrected chi connectivity index (χ0v) is 16.4. The molecule has 4 rings (SSSR count). The molecule has 2 aliphatic heterocycles. The van der Waals surface area contributed by atoms with Gasteiger partial charge in [0.05, 0.1) is 17.6 Å². The second kappa shape index (κ2) is 7.67. The lowest BCUT2D eigenvalue weighted by Crippen LogP contribution is -2.58. The van der Waals surface area contributed by atoms with Crippen molar-refractivity contribution in [2.24, 2.45) is 11.3 Å². The Kier molecular flexibility index (Phi) is 5.36. The average Bonchev–Trinajstić information content (AvgIpc) is 2.71. The Morgan fingerprint density at radius 2 is 1.69 bits per heavy atom. The molecule has 2 saturated heterocycles. The van der Waals surface area contributed by atoms with Gasteiger partial charge in [-0.25, -0.2) is 8.78 Å². The van der Waals surface area contributed by atoms with E-state index in [2.05, 4.69) is 5.32 Å². The first-order valence-electron chi connectivity index (χ1n) is 10.5. The molecule has 1 aromatic carbocycles. The van der Waals surface area contributed by atoms with Crippen LogP contribution in [0.25, 0.3) is 0 Å². The molecule has 7 heteroatoms. The summed E-state index contributed by atoms with van der Waals surface area (Å²) in [7, 11) is 0. The summed E-state index contributed by atoms with van der Waals surface area (Å²) in [6, 6.07) is 9.01. The molecule has 2 heterocycles. The number of halogens is 2. The van der Waals surface area contributed by atoms with Crippen LogP contribution >= 0.6 is 0 Å². The van der Waals surface area contributed by atoms with Crippen molar-refractivity contribution in [1.29, 1.82) is 0 Å². The lowest BCUT2D eigenvalue weighted by Gasteiger charge is -2.47. The van der Waals surface area contributed by atoms with Crippen LogP contribution in [0.4, 0.5) is 8.78 Å². The topological polar surface area (TPSA) is 69.6 Å². The summed E-state index contributed by atoms with van der Waals surface area (Å²) in [4.78, 5) is 27.4. The highest BCUT2D eigenvalue weighted by Crippen LogP contribution is 2.43. The first-order chi connectivity index (χ1) is 13.8. The van der Waals surface area contributed by atoms with E-state index in [4.69, 9.17) is 0 Å². The minimum absolute atomic E-state index is 0.0609. The molecule has 3 fully saturated rings. The number of nitrogens with zero attached hydrogens (tertiary/aromatic N) is 1. The van der Waals surface area contributed by atoms with Crippen LogP contribution in [-0.2, 0) is 9.59 Å². The zero-order chi connectivity index (χ0) is 20.6. The van der Waals surface area contributed by atoms with Crippen molar-refractivity contribution in [2.75, 3.05) is 13.1 Å². The fourth-order valence-electron chi connectivity index (χ4n) is 5.10. The van der Waals surface area contributed by atoms with Gasteiger partial charge in [0.2, 0.25) is 17.7 Å². The summed E-state index contributed by atoms with van der Waals surface area (Å²) in [6.45, 7) is 0.865. The average molecular weight is 406 g/mol. The summed E-state index contributed by atoms with van der Waals surface area (Å²) < 4.78 is 26.7. The van der Waals surface area contributed by atoms with Gasteiger partial charge in [0, 0.05) is 31.8 Å². The van der Waals surface area contributed by atoms with Gasteiger partial charge in [0.15, 0.2) is 0 Å². The number of amides is 2. The lowest BCUT2D eigenvalue weighted by atomic mass is 9.69. The summed E-state index contributed by atoms with van der Waals surface area (Å²) >= 11 is 0. The number of aliphatic hydroxyl groups excluding tert-OH is 1. The molecule has 1 aromatic rings. The molecule has 0 radical (unpaired) electrons. The van der Waals surface area contributed by atoms with Crippen LogP contribution in [0.3, 0.4) is 0 Å². The smallest absolute Gasteiger partial charge is 0.248 e. The monoisotopic (exact) mass is 406 g/mol. The van der Waals surface area contributed by atoms with E-state index < -0.39 is 23.5 Å². The van der Waals surface area contributed by atoms with Gasteiger partial charge in [0.25, 0.3) is 0 Å². The number of benzene rings is 1. The van der Waals surface area contributed by atoms with Gasteiger partial charge in [-0.05, 0) is 37.7 Å². The molecule has 1 spiro atoms.